The number of piperazine rings is 1. The third-order valence-corrected chi connectivity index (χ3v) is 7.06. The molecule has 2 atom stereocenters. The molecule has 0 aliphatic carbocycles. The molecular formula is C20H34N4O2S. The summed E-state index contributed by atoms with van der Waals surface area (Å²) in [6, 6.07) is 0.531. The summed E-state index contributed by atoms with van der Waals surface area (Å²) in [7, 11) is 2.18. The number of piperidine rings is 1. The Kier molecular flexibility index (Phi) is 7.25. The van der Waals surface area contributed by atoms with Crippen molar-refractivity contribution in [2.45, 2.75) is 45.6 Å². The Morgan fingerprint density at radius 3 is 2.67 bits per heavy atom. The van der Waals surface area contributed by atoms with Gasteiger partial charge in [-0.05, 0) is 45.6 Å². The van der Waals surface area contributed by atoms with E-state index in [4.69, 9.17) is 0 Å². The Hall–Kier alpha value is -1.02. The van der Waals surface area contributed by atoms with Gasteiger partial charge in [-0.2, -0.15) is 0 Å². The number of aliphatic hydroxyl groups is 1. The van der Waals surface area contributed by atoms with Gasteiger partial charge in [0.25, 0.3) is 5.91 Å². The topological polar surface area (TPSA) is 59.9 Å². The summed E-state index contributed by atoms with van der Waals surface area (Å²) >= 11 is 1.53. The molecule has 0 aromatic carbocycles. The molecule has 1 aromatic heterocycles. The quantitative estimate of drug-likeness (QED) is 0.798. The zero-order chi connectivity index (χ0) is 19.4. The van der Waals surface area contributed by atoms with Crippen LogP contribution in [-0.2, 0) is 6.42 Å². The van der Waals surface area contributed by atoms with Crippen molar-refractivity contribution in [1.82, 2.24) is 19.7 Å². The van der Waals surface area contributed by atoms with E-state index in [2.05, 4.69) is 28.8 Å². The lowest BCUT2D eigenvalue weighted by Gasteiger charge is -2.46. The number of carbonyl (C=O) groups is 1. The van der Waals surface area contributed by atoms with Crippen LogP contribution in [0, 0.1) is 12.8 Å². The number of hydrogen-bond acceptors (Lipinski definition) is 6. The minimum Gasteiger partial charge on any atom is -0.396 e. The highest BCUT2D eigenvalue weighted by atomic mass is 32.1. The first-order chi connectivity index (χ1) is 13.0. The largest absolute Gasteiger partial charge is 0.396 e. The van der Waals surface area contributed by atoms with E-state index in [0.717, 1.165) is 80.5 Å². The molecular weight excluding hydrogens is 360 g/mol. The molecule has 2 aliphatic heterocycles. The number of hydrogen-bond donors (Lipinski definition) is 1. The molecule has 0 radical (unpaired) electrons. The second-order valence-electron chi connectivity index (χ2n) is 7.93. The zero-order valence-electron chi connectivity index (χ0n) is 17.0. The predicted molar refractivity (Wildman–Crippen MR) is 109 cm³/mol. The standard InChI is InChI=1S/C20H34N4O2S/c1-4-17-19(27-15(2)21-17)20(26)24-8-7-18(16(14-24)6-5-13-25)23-11-9-22(3)10-12-23/h16,18,25H,4-14H2,1-3H3/t16-,18+/m1/s1. The van der Waals surface area contributed by atoms with E-state index in [-0.39, 0.29) is 12.5 Å². The van der Waals surface area contributed by atoms with Crippen LogP contribution in [0.4, 0.5) is 0 Å². The summed E-state index contributed by atoms with van der Waals surface area (Å²) in [5.41, 5.74) is 0.940. The first-order valence-electron chi connectivity index (χ1n) is 10.3. The number of aryl methyl sites for hydroxylation is 2. The molecule has 1 aromatic rings. The van der Waals surface area contributed by atoms with Crippen LogP contribution in [0.15, 0.2) is 0 Å². The molecule has 0 saturated carbocycles. The number of aromatic nitrogens is 1. The number of amides is 1. The maximum Gasteiger partial charge on any atom is 0.265 e. The van der Waals surface area contributed by atoms with Crippen LogP contribution >= 0.6 is 11.3 Å². The third-order valence-electron chi connectivity index (χ3n) is 6.05. The van der Waals surface area contributed by atoms with Gasteiger partial charge >= 0.3 is 0 Å². The van der Waals surface area contributed by atoms with Gasteiger partial charge in [0.1, 0.15) is 4.88 Å². The number of nitrogens with zero attached hydrogens (tertiary/aromatic N) is 4. The van der Waals surface area contributed by atoms with Crippen LogP contribution in [0.5, 0.6) is 0 Å². The number of rotatable bonds is 6. The van der Waals surface area contributed by atoms with E-state index in [1.54, 1.807) is 0 Å². The summed E-state index contributed by atoms with van der Waals surface area (Å²) < 4.78 is 0. The molecule has 3 rings (SSSR count). The molecule has 27 heavy (non-hydrogen) atoms. The minimum atomic E-state index is 0.156. The Morgan fingerprint density at radius 2 is 2.00 bits per heavy atom. The number of aliphatic hydroxyl groups excluding tert-OH is 1. The number of likely N-dealkylation sites (N-methyl/N-ethyl adjacent to an activating group) is 1. The summed E-state index contributed by atoms with van der Waals surface area (Å²) in [6.07, 6.45) is 3.64. The van der Waals surface area contributed by atoms with Crippen molar-refractivity contribution in [3.63, 3.8) is 0 Å². The van der Waals surface area contributed by atoms with Crippen LogP contribution in [-0.4, -0.2) is 89.7 Å². The van der Waals surface area contributed by atoms with E-state index >= 15 is 0 Å². The third kappa shape index (κ3) is 4.88. The van der Waals surface area contributed by atoms with Gasteiger partial charge in [-0.3, -0.25) is 9.69 Å². The Morgan fingerprint density at radius 1 is 1.26 bits per heavy atom. The van der Waals surface area contributed by atoms with Gasteiger partial charge in [0.15, 0.2) is 0 Å². The molecule has 1 amide bonds. The van der Waals surface area contributed by atoms with Gasteiger partial charge in [0, 0.05) is 51.9 Å². The molecule has 1 N–H and O–H groups in total. The van der Waals surface area contributed by atoms with Crippen LogP contribution in [0.2, 0.25) is 0 Å². The first-order valence-corrected chi connectivity index (χ1v) is 11.1. The van der Waals surface area contributed by atoms with E-state index in [1.807, 2.05) is 11.8 Å². The zero-order valence-corrected chi connectivity index (χ0v) is 17.8. The number of thiazole rings is 1. The molecule has 2 aliphatic rings. The first kappa shape index (κ1) is 20.7. The van der Waals surface area contributed by atoms with E-state index < -0.39 is 0 Å². The van der Waals surface area contributed by atoms with Crippen molar-refractivity contribution >= 4 is 17.2 Å². The van der Waals surface area contributed by atoms with Crippen molar-refractivity contribution in [1.29, 1.82) is 0 Å². The highest BCUT2D eigenvalue weighted by Crippen LogP contribution is 2.29. The van der Waals surface area contributed by atoms with Gasteiger partial charge in [-0.1, -0.05) is 6.92 Å². The van der Waals surface area contributed by atoms with Crippen LogP contribution in [0.1, 0.15) is 46.6 Å². The number of likely N-dealkylation sites (tertiary alicyclic amines) is 1. The van der Waals surface area contributed by atoms with Crippen molar-refractivity contribution in [2.75, 3.05) is 52.9 Å². The molecule has 2 fully saturated rings. The molecule has 7 heteroatoms. The van der Waals surface area contributed by atoms with Crippen molar-refractivity contribution < 1.29 is 9.90 Å². The van der Waals surface area contributed by atoms with Crippen molar-refractivity contribution in [3.05, 3.63) is 15.6 Å². The molecule has 2 saturated heterocycles. The van der Waals surface area contributed by atoms with Gasteiger partial charge in [-0.15, -0.1) is 11.3 Å². The Balaban J connectivity index is 1.70. The molecule has 0 unspecified atom stereocenters. The highest BCUT2D eigenvalue weighted by Gasteiger charge is 2.36. The van der Waals surface area contributed by atoms with Crippen LogP contribution in [0.3, 0.4) is 0 Å². The average Bonchev–Trinajstić information content (AvgIpc) is 3.07. The molecule has 0 spiro atoms. The number of carbonyl (C=O) groups excluding carboxylic acids is 1. The van der Waals surface area contributed by atoms with E-state index in [0.29, 0.717) is 12.0 Å². The van der Waals surface area contributed by atoms with Gasteiger partial charge in [-0.25, -0.2) is 4.98 Å². The van der Waals surface area contributed by atoms with Gasteiger partial charge in [0.05, 0.1) is 10.7 Å². The lowest BCUT2D eigenvalue weighted by Crippen LogP contribution is -2.56. The molecule has 3 heterocycles. The van der Waals surface area contributed by atoms with Crippen LogP contribution in [0.25, 0.3) is 0 Å². The summed E-state index contributed by atoms with van der Waals surface area (Å²) in [4.78, 5) is 25.6. The Bertz CT molecular complexity index is 627. The minimum absolute atomic E-state index is 0.156. The maximum absolute atomic E-state index is 13.2. The van der Waals surface area contributed by atoms with Crippen molar-refractivity contribution in [3.8, 4) is 0 Å². The fourth-order valence-corrected chi connectivity index (χ4v) is 5.47. The fraction of sp³-hybridized carbons (Fsp3) is 0.800. The monoisotopic (exact) mass is 394 g/mol. The lowest BCUT2D eigenvalue weighted by atomic mass is 9.86. The average molecular weight is 395 g/mol. The van der Waals surface area contributed by atoms with E-state index in [1.165, 1.54) is 11.3 Å². The second-order valence-corrected chi connectivity index (χ2v) is 9.14. The normalized spacial score (nSPS) is 25.1. The van der Waals surface area contributed by atoms with Gasteiger partial charge in [0.2, 0.25) is 0 Å². The molecule has 0 bridgehead atoms. The second kappa shape index (κ2) is 9.45. The lowest BCUT2D eigenvalue weighted by molar-refractivity contribution is 0.0219. The summed E-state index contributed by atoms with van der Waals surface area (Å²) in [5.74, 6) is 0.598. The molecule has 152 valence electrons. The summed E-state index contributed by atoms with van der Waals surface area (Å²) in [5, 5.41) is 10.3. The van der Waals surface area contributed by atoms with Crippen molar-refractivity contribution in [2.24, 2.45) is 5.92 Å². The smallest absolute Gasteiger partial charge is 0.265 e. The van der Waals surface area contributed by atoms with E-state index in [9.17, 15) is 9.90 Å². The fourth-order valence-electron chi connectivity index (χ4n) is 4.50. The molecule has 6 nitrogen and oxygen atoms in total. The van der Waals surface area contributed by atoms with Gasteiger partial charge < -0.3 is 14.9 Å². The predicted octanol–water partition coefficient (Wildman–Crippen LogP) is 1.86. The highest BCUT2D eigenvalue weighted by molar-refractivity contribution is 7.13. The van der Waals surface area contributed by atoms with Crippen LogP contribution < -0.4 is 0 Å². The summed E-state index contributed by atoms with van der Waals surface area (Å²) in [6.45, 7) is 10.4. The Labute approximate surface area is 167 Å². The maximum atomic E-state index is 13.2. The SMILES string of the molecule is CCc1nc(C)sc1C(=O)N1CC[C@H](N2CCN(C)CC2)[C@H](CCCO)C1.